The molecule has 1 saturated heterocycles. The van der Waals surface area contributed by atoms with Crippen LogP contribution in [0.3, 0.4) is 0 Å². The third-order valence-corrected chi connectivity index (χ3v) is 7.13. The molecule has 0 atom stereocenters. The molecular weight excluding hydrogens is 412 g/mol. The number of benzene rings is 2. The van der Waals surface area contributed by atoms with Gasteiger partial charge in [-0.1, -0.05) is 50.6 Å². The number of hydrogen-bond donors (Lipinski definition) is 0. The smallest absolute Gasteiger partial charge is 0.236 e. The molecule has 2 aromatic carbocycles. The van der Waals surface area contributed by atoms with Crippen molar-refractivity contribution in [2.45, 2.75) is 43.0 Å². The summed E-state index contributed by atoms with van der Waals surface area (Å²) < 4.78 is 38.4. The highest BCUT2D eigenvalue weighted by atomic mass is 32.2. The molecule has 0 spiro atoms. The van der Waals surface area contributed by atoms with E-state index in [0.717, 1.165) is 11.1 Å². The number of aryl methyl sites for hydroxylation is 1. The molecule has 0 N–H and O–H groups in total. The Hall–Kier alpha value is -2.64. The molecule has 0 aliphatic carbocycles. The minimum Gasteiger partial charge on any atom is -0.419 e. The number of sulfone groups is 1. The summed E-state index contributed by atoms with van der Waals surface area (Å²) in [6.07, 6.45) is 0. The van der Waals surface area contributed by atoms with Crippen LogP contribution in [0.15, 0.2) is 62.9 Å². The van der Waals surface area contributed by atoms with Gasteiger partial charge in [0.1, 0.15) is 0 Å². The first-order valence-electron chi connectivity index (χ1n) is 10.4. The van der Waals surface area contributed by atoms with E-state index < -0.39 is 9.84 Å². The van der Waals surface area contributed by atoms with Gasteiger partial charge in [-0.2, -0.15) is 4.98 Å². The molecule has 0 amide bonds. The summed E-state index contributed by atoms with van der Waals surface area (Å²) >= 11 is 0. The van der Waals surface area contributed by atoms with Crippen molar-refractivity contribution in [3.63, 3.8) is 0 Å². The van der Waals surface area contributed by atoms with E-state index in [-0.39, 0.29) is 21.2 Å². The molecule has 1 aromatic heterocycles. The predicted molar refractivity (Wildman–Crippen MR) is 120 cm³/mol. The summed E-state index contributed by atoms with van der Waals surface area (Å²) in [5.74, 6) is 0.575. The molecule has 7 heteroatoms. The van der Waals surface area contributed by atoms with Crippen LogP contribution in [-0.2, 0) is 20.0 Å². The first kappa shape index (κ1) is 21.6. The summed E-state index contributed by atoms with van der Waals surface area (Å²) in [5.41, 5.74) is 2.94. The van der Waals surface area contributed by atoms with E-state index in [1.54, 1.807) is 24.3 Å². The van der Waals surface area contributed by atoms with E-state index in [2.05, 4.69) is 25.8 Å². The van der Waals surface area contributed by atoms with Crippen LogP contribution in [0, 0.1) is 6.92 Å². The molecular formula is C24H28N2O4S. The normalized spacial score (nSPS) is 15.3. The second-order valence-corrected chi connectivity index (χ2v) is 10.7. The summed E-state index contributed by atoms with van der Waals surface area (Å²) in [6, 6.07) is 14.7. The summed E-state index contributed by atoms with van der Waals surface area (Å²) in [6.45, 7) is 10.5. The van der Waals surface area contributed by atoms with E-state index in [9.17, 15) is 8.42 Å². The molecule has 1 aliphatic rings. The van der Waals surface area contributed by atoms with Crippen molar-refractivity contribution in [3.05, 3.63) is 59.7 Å². The Labute approximate surface area is 183 Å². The Morgan fingerprint density at radius 2 is 1.55 bits per heavy atom. The van der Waals surface area contributed by atoms with Crippen molar-refractivity contribution in [1.29, 1.82) is 0 Å². The van der Waals surface area contributed by atoms with Gasteiger partial charge in [-0.05, 0) is 42.2 Å². The van der Waals surface area contributed by atoms with Crippen molar-refractivity contribution in [2.75, 3.05) is 31.2 Å². The fourth-order valence-corrected chi connectivity index (χ4v) is 4.83. The monoisotopic (exact) mass is 440 g/mol. The molecule has 1 fully saturated rings. The average Bonchev–Trinajstić information content (AvgIpc) is 3.21. The topological polar surface area (TPSA) is 72.6 Å². The van der Waals surface area contributed by atoms with Crippen molar-refractivity contribution < 1.29 is 17.6 Å². The van der Waals surface area contributed by atoms with Gasteiger partial charge in [-0.25, -0.2) is 8.42 Å². The second kappa shape index (κ2) is 8.13. The molecule has 0 bridgehead atoms. The quantitative estimate of drug-likeness (QED) is 0.590. The van der Waals surface area contributed by atoms with Crippen LogP contribution in [0.25, 0.3) is 11.5 Å². The maximum atomic E-state index is 13.5. The zero-order valence-corrected chi connectivity index (χ0v) is 19.2. The lowest BCUT2D eigenvalue weighted by molar-refractivity contribution is 0.120. The zero-order valence-electron chi connectivity index (χ0n) is 18.4. The van der Waals surface area contributed by atoms with Crippen LogP contribution in [0.5, 0.6) is 0 Å². The number of rotatable bonds is 4. The minimum absolute atomic E-state index is 0.0218. The first-order chi connectivity index (χ1) is 14.7. The highest BCUT2D eigenvalue weighted by molar-refractivity contribution is 7.91. The SMILES string of the molecule is Cc1ccc(S(=O)(=O)c2nc(-c3ccc(C(C)(C)C)cc3)oc2N2CCOCC2)cc1. The lowest BCUT2D eigenvalue weighted by Gasteiger charge is -2.26. The number of ether oxygens (including phenoxy) is 1. The van der Waals surface area contributed by atoms with Crippen LogP contribution in [0.2, 0.25) is 0 Å². The van der Waals surface area contributed by atoms with Gasteiger partial charge in [0.25, 0.3) is 0 Å². The fourth-order valence-electron chi connectivity index (χ4n) is 3.50. The van der Waals surface area contributed by atoms with Crippen LogP contribution in [0.4, 0.5) is 5.88 Å². The van der Waals surface area contributed by atoms with Gasteiger partial charge >= 0.3 is 0 Å². The first-order valence-corrected chi connectivity index (χ1v) is 11.9. The van der Waals surface area contributed by atoms with Gasteiger partial charge in [-0.3, -0.25) is 0 Å². The molecule has 0 unspecified atom stereocenters. The molecule has 0 saturated carbocycles. The van der Waals surface area contributed by atoms with E-state index in [1.807, 2.05) is 36.1 Å². The number of morpholine rings is 1. The molecule has 164 valence electrons. The number of hydrogen-bond acceptors (Lipinski definition) is 6. The van der Waals surface area contributed by atoms with E-state index >= 15 is 0 Å². The third-order valence-electron chi connectivity index (χ3n) is 5.46. The van der Waals surface area contributed by atoms with Gasteiger partial charge in [-0.15, -0.1) is 0 Å². The van der Waals surface area contributed by atoms with Crippen LogP contribution < -0.4 is 4.90 Å². The highest BCUT2D eigenvalue weighted by Gasteiger charge is 2.32. The maximum Gasteiger partial charge on any atom is 0.236 e. The van der Waals surface area contributed by atoms with Gasteiger partial charge in [0.2, 0.25) is 26.6 Å². The van der Waals surface area contributed by atoms with Crippen LogP contribution in [-0.4, -0.2) is 39.7 Å². The summed E-state index contributed by atoms with van der Waals surface area (Å²) in [4.78, 5) is 6.58. The lowest BCUT2D eigenvalue weighted by Crippen LogP contribution is -2.36. The molecule has 6 nitrogen and oxygen atoms in total. The summed E-state index contributed by atoms with van der Waals surface area (Å²) in [7, 11) is -3.84. The van der Waals surface area contributed by atoms with Crippen molar-refractivity contribution in [2.24, 2.45) is 0 Å². The van der Waals surface area contributed by atoms with Crippen molar-refractivity contribution >= 4 is 15.7 Å². The highest BCUT2D eigenvalue weighted by Crippen LogP contribution is 2.35. The second-order valence-electron chi connectivity index (χ2n) is 8.87. The lowest BCUT2D eigenvalue weighted by atomic mass is 9.87. The average molecular weight is 441 g/mol. The van der Waals surface area contributed by atoms with Gasteiger partial charge in [0, 0.05) is 18.7 Å². The number of aromatic nitrogens is 1. The van der Waals surface area contributed by atoms with Gasteiger partial charge in [0.05, 0.1) is 18.1 Å². The maximum absolute atomic E-state index is 13.5. The number of nitrogens with zero attached hydrogens (tertiary/aromatic N) is 2. The van der Waals surface area contributed by atoms with Crippen molar-refractivity contribution in [3.8, 4) is 11.5 Å². The Morgan fingerprint density at radius 3 is 2.13 bits per heavy atom. The molecule has 2 heterocycles. The van der Waals surface area contributed by atoms with Crippen LogP contribution >= 0.6 is 0 Å². The van der Waals surface area contributed by atoms with E-state index in [1.165, 1.54) is 5.56 Å². The minimum atomic E-state index is -3.84. The third kappa shape index (κ3) is 4.38. The molecule has 31 heavy (non-hydrogen) atoms. The number of anilines is 1. The molecule has 0 radical (unpaired) electrons. The molecule has 1 aliphatic heterocycles. The summed E-state index contributed by atoms with van der Waals surface area (Å²) in [5, 5.41) is -0.0480. The van der Waals surface area contributed by atoms with Gasteiger partial charge < -0.3 is 14.1 Å². The Morgan fingerprint density at radius 1 is 0.935 bits per heavy atom. The largest absolute Gasteiger partial charge is 0.419 e. The zero-order chi connectivity index (χ0) is 22.2. The number of oxazole rings is 1. The molecule has 3 aromatic rings. The predicted octanol–water partition coefficient (Wildman–Crippen LogP) is 4.62. The molecule has 4 rings (SSSR count). The van der Waals surface area contributed by atoms with Gasteiger partial charge in [0.15, 0.2) is 0 Å². The Kier molecular flexibility index (Phi) is 5.66. The van der Waals surface area contributed by atoms with Crippen LogP contribution in [0.1, 0.15) is 31.9 Å². The standard InChI is InChI=1S/C24H28N2O4S/c1-17-5-11-20(12-6-17)31(27,28)22-23(26-13-15-29-16-14-26)30-21(25-22)18-7-9-19(10-8-18)24(2,3)4/h5-12H,13-16H2,1-4H3. The van der Waals surface area contributed by atoms with E-state index in [4.69, 9.17) is 9.15 Å². The fraction of sp³-hybridized carbons (Fsp3) is 0.375. The van der Waals surface area contributed by atoms with Crippen molar-refractivity contribution in [1.82, 2.24) is 4.98 Å². The van der Waals surface area contributed by atoms with E-state index in [0.29, 0.717) is 32.2 Å². The Balaban J connectivity index is 1.80. The Bertz CT molecular complexity index is 1150.